The van der Waals surface area contributed by atoms with Gasteiger partial charge in [0, 0.05) is 17.1 Å². The maximum atomic E-state index is 12.7. The predicted octanol–water partition coefficient (Wildman–Crippen LogP) is 4.09. The lowest BCUT2D eigenvalue weighted by Crippen LogP contribution is -2.42. The summed E-state index contributed by atoms with van der Waals surface area (Å²) in [7, 11) is 1.23. The topological polar surface area (TPSA) is 77.8 Å². The number of hydrogen-bond donors (Lipinski definition) is 0. The van der Waals surface area contributed by atoms with Gasteiger partial charge in [-0.25, -0.2) is 4.79 Å². The van der Waals surface area contributed by atoms with E-state index in [4.69, 9.17) is 4.74 Å². The minimum atomic E-state index is -0.968. The lowest BCUT2D eigenvalue weighted by atomic mass is 10.2. The van der Waals surface area contributed by atoms with E-state index in [0.29, 0.717) is 6.61 Å². The summed E-state index contributed by atoms with van der Waals surface area (Å²) < 4.78 is 12.2. The van der Waals surface area contributed by atoms with E-state index in [2.05, 4.69) is 9.30 Å². The minimum absolute atomic E-state index is 0.280. The molecular weight excluding hydrogens is 404 g/mol. The zero-order chi connectivity index (χ0) is 22.0. The summed E-state index contributed by atoms with van der Waals surface area (Å²) in [5.41, 5.74) is 3.73. The monoisotopic (exact) mass is 428 g/mol. The van der Waals surface area contributed by atoms with Gasteiger partial charge in [-0.3, -0.25) is 14.5 Å². The summed E-state index contributed by atoms with van der Waals surface area (Å²) in [6.07, 6.45) is 1.70. The van der Waals surface area contributed by atoms with E-state index in [1.54, 1.807) is 6.08 Å². The van der Waals surface area contributed by atoms with Crippen LogP contribution in [-0.2, 0) is 14.3 Å². The van der Waals surface area contributed by atoms with Crippen LogP contribution in [0.1, 0.15) is 30.8 Å². The average Bonchev–Trinajstić information content (AvgIpc) is 3.16. The SMILES string of the molecule is CCOc1ccc(-n2c(C)cc(/C=C3\SC(=O)N([C@@H](C)C(=O)OC)C3=O)c2C)cc1. The van der Waals surface area contributed by atoms with Gasteiger partial charge in [-0.2, -0.15) is 0 Å². The second kappa shape index (κ2) is 8.79. The first-order chi connectivity index (χ1) is 14.3. The molecule has 30 heavy (non-hydrogen) atoms. The molecule has 8 heteroatoms. The number of hydrogen-bond acceptors (Lipinski definition) is 6. The van der Waals surface area contributed by atoms with E-state index in [1.807, 2.05) is 51.1 Å². The Morgan fingerprint density at radius 3 is 2.47 bits per heavy atom. The van der Waals surface area contributed by atoms with Crippen molar-refractivity contribution in [3.05, 3.63) is 52.2 Å². The molecule has 0 saturated carbocycles. The molecule has 7 nitrogen and oxygen atoms in total. The summed E-state index contributed by atoms with van der Waals surface area (Å²) in [6, 6.07) is 8.77. The van der Waals surface area contributed by atoms with Crippen molar-refractivity contribution in [2.75, 3.05) is 13.7 Å². The van der Waals surface area contributed by atoms with Crippen molar-refractivity contribution in [3.63, 3.8) is 0 Å². The van der Waals surface area contributed by atoms with Crippen LogP contribution in [0.25, 0.3) is 11.8 Å². The molecular formula is C22H24N2O5S. The molecule has 1 fully saturated rings. The number of aryl methyl sites for hydroxylation is 1. The lowest BCUT2D eigenvalue weighted by Gasteiger charge is -2.18. The highest BCUT2D eigenvalue weighted by molar-refractivity contribution is 8.18. The standard InChI is InChI=1S/C22H24N2O5S/c1-6-29-18-9-7-17(8-10-18)23-13(2)11-16(14(23)3)12-19-20(25)24(22(27)30-19)15(4)21(26)28-5/h7-12,15H,6H2,1-5H3/b19-12-/t15-/m0/s1. The van der Waals surface area contributed by atoms with Gasteiger partial charge < -0.3 is 14.0 Å². The molecule has 1 aliphatic heterocycles. The molecule has 0 spiro atoms. The highest BCUT2D eigenvalue weighted by Gasteiger charge is 2.41. The molecule has 3 rings (SSSR count). The normalized spacial score (nSPS) is 16.3. The molecule has 0 bridgehead atoms. The maximum absolute atomic E-state index is 12.7. The fraction of sp³-hybridized carbons (Fsp3) is 0.318. The first-order valence-corrected chi connectivity index (χ1v) is 10.4. The van der Waals surface area contributed by atoms with Gasteiger partial charge in [0.1, 0.15) is 11.8 Å². The third-order valence-corrected chi connectivity index (χ3v) is 5.80. The van der Waals surface area contributed by atoms with Crippen molar-refractivity contribution >= 4 is 35.0 Å². The molecule has 1 atom stereocenters. The van der Waals surface area contributed by atoms with Gasteiger partial charge in [-0.1, -0.05) is 0 Å². The number of thioether (sulfide) groups is 1. The van der Waals surface area contributed by atoms with Gasteiger partial charge in [0.15, 0.2) is 0 Å². The van der Waals surface area contributed by atoms with E-state index in [-0.39, 0.29) is 4.91 Å². The van der Waals surface area contributed by atoms with Gasteiger partial charge >= 0.3 is 5.97 Å². The van der Waals surface area contributed by atoms with Crippen molar-refractivity contribution in [2.45, 2.75) is 33.7 Å². The smallest absolute Gasteiger partial charge is 0.328 e. The van der Waals surface area contributed by atoms with Crippen LogP contribution in [0.15, 0.2) is 35.2 Å². The van der Waals surface area contributed by atoms with Crippen LogP contribution in [0, 0.1) is 13.8 Å². The van der Waals surface area contributed by atoms with E-state index >= 15 is 0 Å². The summed E-state index contributed by atoms with van der Waals surface area (Å²) in [5, 5.41) is -0.482. The van der Waals surface area contributed by atoms with Gasteiger partial charge in [-0.15, -0.1) is 0 Å². The summed E-state index contributed by atoms with van der Waals surface area (Å²) in [4.78, 5) is 38.0. The van der Waals surface area contributed by atoms with Crippen LogP contribution < -0.4 is 4.74 Å². The Bertz CT molecular complexity index is 1020. The number of imide groups is 1. The Labute approximate surface area is 179 Å². The Morgan fingerprint density at radius 1 is 1.20 bits per heavy atom. The first kappa shape index (κ1) is 21.7. The molecule has 2 amide bonds. The highest BCUT2D eigenvalue weighted by Crippen LogP contribution is 2.35. The van der Waals surface area contributed by atoms with Crippen LogP contribution in [-0.4, -0.2) is 46.3 Å². The van der Waals surface area contributed by atoms with Crippen molar-refractivity contribution < 1.29 is 23.9 Å². The predicted molar refractivity (Wildman–Crippen MR) is 116 cm³/mol. The molecule has 2 aromatic rings. The molecule has 158 valence electrons. The average molecular weight is 429 g/mol. The van der Waals surface area contributed by atoms with Gasteiger partial charge in [0.05, 0.1) is 18.6 Å². The van der Waals surface area contributed by atoms with Crippen LogP contribution >= 0.6 is 11.8 Å². The minimum Gasteiger partial charge on any atom is -0.494 e. The van der Waals surface area contributed by atoms with Gasteiger partial charge in [0.25, 0.3) is 11.1 Å². The summed E-state index contributed by atoms with van der Waals surface area (Å²) in [5.74, 6) is -0.321. The Balaban J connectivity index is 1.92. The van der Waals surface area contributed by atoms with Crippen LogP contribution in [0.4, 0.5) is 4.79 Å². The van der Waals surface area contributed by atoms with E-state index in [0.717, 1.165) is 45.1 Å². The number of esters is 1. The van der Waals surface area contributed by atoms with Crippen LogP contribution in [0.2, 0.25) is 0 Å². The number of nitrogens with zero attached hydrogens (tertiary/aromatic N) is 2. The summed E-state index contributed by atoms with van der Waals surface area (Å²) >= 11 is 0.825. The second-order valence-electron chi connectivity index (χ2n) is 6.84. The fourth-order valence-electron chi connectivity index (χ4n) is 3.42. The number of rotatable bonds is 6. The number of ether oxygens (including phenoxy) is 2. The van der Waals surface area contributed by atoms with E-state index < -0.39 is 23.2 Å². The molecule has 0 aliphatic carbocycles. The summed E-state index contributed by atoms with van der Waals surface area (Å²) in [6.45, 7) is 7.95. The molecule has 1 aliphatic rings. The Kier molecular flexibility index (Phi) is 6.36. The number of carbonyl (C=O) groups excluding carboxylic acids is 3. The quantitative estimate of drug-likeness (QED) is 0.509. The van der Waals surface area contributed by atoms with Crippen LogP contribution in [0.5, 0.6) is 5.75 Å². The third-order valence-electron chi connectivity index (χ3n) is 4.92. The molecule has 0 radical (unpaired) electrons. The van der Waals surface area contributed by atoms with Crippen molar-refractivity contribution in [2.24, 2.45) is 0 Å². The van der Waals surface area contributed by atoms with Gasteiger partial charge in [-0.05, 0) is 81.4 Å². The molecule has 0 N–H and O–H groups in total. The third kappa shape index (κ3) is 4.00. The second-order valence-corrected chi connectivity index (χ2v) is 7.83. The fourth-order valence-corrected chi connectivity index (χ4v) is 4.32. The Hall–Kier alpha value is -3.00. The number of carbonyl (C=O) groups is 3. The van der Waals surface area contributed by atoms with Crippen molar-refractivity contribution in [1.29, 1.82) is 0 Å². The zero-order valence-corrected chi connectivity index (χ0v) is 18.4. The molecule has 2 heterocycles. The number of amides is 2. The number of benzene rings is 1. The Morgan fingerprint density at radius 2 is 1.87 bits per heavy atom. The molecule has 1 saturated heterocycles. The van der Waals surface area contributed by atoms with E-state index in [1.165, 1.54) is 14.0 Å². The molecule has 1 aromatic heterocycles. The van der Waals surface area contributed by atoms with Crippen molar-refractivity contribution in [1.82, 2.24) is 9.47 Å². The molecule has 1 aromatic carbocycles. The van der Waals surface area contributed by atoms with Crippen LogP contribution in [0.3, 0.4) is 0 Å². The van der Waals surface area contributed by atoms with E-state index in [9.17, 15) is 14.4 Å². The number of methoxy groups -OCH3 is 1. The first-order valence-electron chi connectivity index (χ1n) is 9.55. The zero-order valence-electron chi connectivity index (χ0n) is 17.6. The van der Waals surface area contributed by atoms with Crippen molar-refractivity contribution in [3.8, 4) is 11.4 Å². The number of aromatic nitrogens is 1. The maximum Gasteiger partial charge on any atom is 0.328 e. The largest absolute Gasteiger partial charge is 0.494 e. The highest BCUT2D eigenvalue weighted by atomic mass is 32.2. The molecule has 0 unspecified atom stereocenters. The lowest BCUT2D eigenvalue weighted by molar-refractivity contribution is -0.148. The van der Waals surface area contributed by atoms with Gasteiger partial charge in [0.2, 0.25) is 0 Å².